The fourth-order valence-electron chi connectivity index (χ4n) is 2.12. The molecule has 0 saturated carbocycles. The Kier molecular flexibility index (Phi) is 3.83. The molecule has 4 heteroatoms. The molecule has 0 aromatic carbocycles. The van der Waals surface area contributed by atoms with Crippen LogP contribution in [0.4, 0.5) is 5.82 Å². The van der Waals surface area contributed by atoms with Crippen molar-refractivity contribution in [2.75, 3.05) is 26.0 Å². The molecule has 0 spiro atoms. The van der Waals surface area contributed by atoms with Gasteiger partial charge in [0.25, 0.3) is 0 Å². The van der Waals surface area contributed by atoms with Gasteiger partial charge in [0.15, 0.2) is 0 Å². The number of aromatic nitrogens is 1. The van der Waals surface area contributed by atoms with E-state index < -0.39 is 0 Å². The molecule has 1 N–H and O–H groups in total. The lowest BCUT2D eigenvalue weighted by molar-refractivity contribution is 0.326. The summed E-state index contributed by atoms with van der Waals surface area (Å²) in [5.74, 6) is 0.742. The third-order valence-corrected chi connectivity index (χ3v) is 3.62. The Hall–Kier alpha value is -1.60. The molecule has 0 aliphatic heterocycles. The average molecular weight is 244 g/mol. The number of nitriles is 1. The van der Waals surface area contributed by atoms with E-state index >= 15 is 0 Å². The largest absolute Gasteiger partial charge is 0.367 e. The van der Waals surface area contributed by atoms with Crippen LogP contribution in [0.5, 0.6) is 0 Å². The Balaban J connectivity index is 2.15. The zero-order chi connectivity index (χ0) is 13.1. The van der Waals surface area contributed by atoms with Gasteiger partial charge in [-0.3, -0.25) is 0 Å². The predicted molar refractivity (Wildman–Crippen MR) is 72.6 cm³/mol. The van der Waals surface area contributed by atoms with Crippen LogP contribution in [0.3, 0.4) is 0 Å². The summed E-state index contributed by atoms with van der Waals surface area (Å²) in [6, 6.07) is 4.65. The minimum atomic E-state index is 0.409. The molecule has 0 fully saturated rings. The molecule has 1 heterocycles. The lowest BCUT2D eigenvalue weighted by Crippen LogP contribution is -2.31. The van der Waals surface area contributed by atoms with Crippen LogP contribution in [0.2, 0.25) is 0 Å². The van der Waals surface area contributed by atoms with Gasteiger partial charge in [-0.25, -0.2) is 4.98 Å². The Morgan fingerprint density at radius 3 is 2.94 bits per heavy atom. The van der Waals surface area contributed by atoms with Crippen LogP contribution in [0.1, 0.15) is 30.2 Å². The molecule has 18 heavy (non-hydrogen) atoms. The first-order valence-corrected chi connectivity index (χ1v) is 6.45. The van der Waals surface area contributed by atoms with Gasteiger partial charge < -0.3 is 10.2 Å². The molecule has 0 radical (unpaired) electrons. The number of nitrogens with zero attached hydrogens (tertiary/aromatic N) is 3. The van der Waals surface area contributed by atoms with E-state index in [0.29, 0.717) is 11.6 Å². The standard InChI is InChI=1S/C14H20N4/c1-10(18(2)3)9-16-14-12(8-15)7-11-5-4-6-13(11)17-14/h7,10H,4-6,9H2,1-3H3,(H,16,17). The van der Waals surface area contributed by atoms with Gasteiger partial charge >= 0.3 is 0 Å². The van der Waals surface area contributed by atoms with Gasteiger partial charge in [-0.2, -0.15) is 5.26 Å². The van der Waals surface area contributed by atoms with E-state index in [2.05, 4.69) is 28.2 Å². The Labute approximate surface area is 109 Å². The molecule has 1 aliphatic rings. The third-order valence-electron chi connectivity index (χ3n) is 3.62. The number of pyridine rings is 1. The second-order valence-electron chi connectivity index (χ2n) is 5.15. The number of aryl methyl sites for hydroxylation is 2. The van der Waals surface area contributed by atoms with Crippen LogP contribution in [-0.4, -0.2) is 36.6 Å². The smallest absolute Gasteiger partial charge is 0.144 e. The summed E-state index contributed by atoms with van der Waals surface area (Å²) >= 11 is 0. The Morgan fingerprint density at radius 2 is 2.28 bits per heavy atom. The molecule has 1 atom stereocenters. The number of hydrogen-bond acceptors (Lipinski definition) is 4. The molecule has 96 valence electrons. The molecule has 0 saturated heterocycles. The fourth-order valence-corrected chi connectivity index (χ4v) is 2.12. The predicted octanol–water partition coefficient (Wildman–Crippen LogP) is 1.80. The van der Waals surface area contributed by atoms with Crippen LogP contribution in [-0.2, 0) is 12.8 Å². The van der Waals surface area contributed by atoms with Crippen LogP contribution < -0.4 is 5.32 Å². The fraction of sp³-hybridized carbons (Fsp3) is 0.571. The van der Waals surface area contributed by atoms with Crippen molar-refractivity contribution < 1.29 is 0 Å². The highest BCUT2D eigenvalue weighted by Crippen LogP contribution is 2.24. The Morgan fingerprint density at radius 1 is 1.50 bits per heavy atom. The number of fused-ring (bicyclic) bond motifs is 1. The zero-order valence-electron chi connectivity index (χ0n) is 11.3. The summed E-state index contributed by atoms with van der Waals surface area (Å²) < 4.78 is 0. The van der Waals surface area contributed by atoms with Gasteiger partial charge in [-0.15, -0.1) is 0 Å². The lowest BCUT2D eigenvalue weighted by atomic mass is 10.1. The highest BCUT2D eigenvalue weighted by Gasteiger charge is 2.16. The van der Waals surface area contributed by atoms with Crippen molar-refractivity contribution in [2.45, 2.75) is 32.2 Å². The van der Waals surface area contributed by atoms with Crippen molar-refractivity contribution in [1.29, 1.82) is 5.26 Å². The van der Waals surface area contributed by atoms with Crippen LogP contribution >= 0.6 is 0 Å². The van der Waals surface area contributed by atoms with E-state index in [0.717, 1.165) is 37.3 Å². The molecule has 0 amide bonds. The van der Waals surface area contributed by atoms with Crippen LogP contribution in [0.15, 0.2) is 6.07 Å². The average Bonchev–Trinajstić information content (AvgIpc) is 2.81. The topological polar surface area (TPSA) is 52.0 Å². The molecule has 1 unspecified atom stereocenters. The second-order valence-corrected chi connectivity index (χ2v) is 5.15. The molecular weight excluding hydrogens is 224 g/mol. The minimum Gasteiger partial charge on any atom is -0.367 e. The second kappa shape index (κ2) is 5.36. The zero-order valence-corrected chi connectivity index (χ0v) is 11.3. The SMILES string of the molecule is CC(CNc1nc2c(cc1C#N)CCC2)N(C)C. The van der Waals surface area contributed by atoms with Crippen molar-refractivity contribution in [1.82, 2.24) is 9.88 Å². The van der Waals surface area contributed by atoms with E-state index in [4.69, 9.17) is 0 Å². The van der Waals surface area contributed by atoms with Gasteiger partial charge in [0.1, 0.15) is 11.9 Å². The van der Waals surface area contributed by atoms with E-state index in [1.807, 2.05) is 20.2 Å². The molecule has 4 nitrogen and oxygen atoms in total. The normalized spacial score (nSPS) is 15.3. The minimum absolute atomic E-state index is 0.409. The van der Waals surface area contributed by atoms with Crippen molar-refractivity contribution >= 4 is 5.82 Å². The molecule has 0 bridgehead atoms. The lowest BCUT2D eigenvalue weighted by Gasteiger charge is -2.20. The third kappa shape index (κ3) is 2.62. The maximum absolute atomic E-state index is 9.18. The van der Waals surface area contributed by atoms with E-state index in [9.17, 15) is 5.26 Å². The number of nitrogens with one attached hydrogen (secondary N) is 1. The molecule has 1 aliphatic carbocycles. The van der Waals surface area contributed by atoms with Gasteiger partial charge in [-0.1, -0.05) is 0 Å². The van der Waals surface area contributed by atoms with E-state index in [1.54, 1.807) is 0 Å². The number of likely N-dealkylation sites (N-methyl/N-ethyl adjacent to an activating group) is 1. The van der Waals surface area contributed by atoms with Gasteiger partial charge in [0.05, 0.1) is 5.56 Å². The first-order valence-electron chi connectivity index (χ1n) is 6.45. The molecular formula is C14H20N4. The van der Waals surface area contributed by atoms with Crippen molar-refractivity contribution in [2.24, 2.45) is 0 Å². The van der Waals surface area contributed by atoms with Crippen molar-refractivity contribution in [3.8, 4) is 6.07 Å². The summed E-state index contributed by atoms with van der Waals surface area (Å²) in [5, 5.41) is 12.5. The summed E-state index contributed by atoms with van der Waals surface area (Å²) in [5.41, 5.74) is 3.08. The van der Waals surface area contributed by atoms with Gasteiger partial charge in [0, 0.05) is 18.3 Å². The first-order chi connectivity index (χ1) is 8.61. The monoisotopic (exact) mass is 244 g/mol. The first kappa shape index (κ1) is 12.8. The molecule has 1 aromatic rings. The molecule has 2 rings (SSSR count). The number of rotatable bonds is 4. The molecule has 1 aromatic heterocycles. The van der Waals surface area contributed by atoms with Crippen LogP contribution in [0.25, 0.3) is 0 Å². The Bertz CT molecular complexity index is 473. The highest BCUT2D eigenvalue weighted by molar-refractivity contribution is 5.55. The van der Waals surface area contributed by atoms with Crippen molar-refractivity contribution in [3.63, 3.8) is 0 Å². The van der Waals surface area contributed by atoms with Crippen molar-refractivity contribution in [3.05, 3.63) is 22.9 Å². The van der Waals surface area contributed by atoms with E-state index in [-0.39, 0.29) is 0 Å². The van der Waals surface area contributed by atoms with Gasteiger partial charge in [-0.05, 0) is 51.9 Å². The summed E-state index contributed by atoms with van der Waals surface area (Å²) in [6.45, 7) is 2.94. The summed E-state index contributed by atoms with van der Waals surface area (Å²) in [4.78, 5) is 6.75. The van der Waals surface area contributed by atoms with E-state index in [1.165, 1.54) is 5.56 Å². The number of anilines is 1. The number of hydrogen-bond donors (Lipinski definition) is 1. The highest BCUT2D eigenvalue weighted by atomic mass is 15.1. The summed E-state index contributed by atoms with van der Waals surface area (Å²) in [6.07, 6.45) is 3.26. The van der Waals surface area contributed by atoms with Crippen LogP contribution in [0, 0.1) is 11.3 Å². The maximum atomic E-state index is 9.18. The quantitative estimate of drug-likeness (QED) is 0.877. The maximum Gasteiger partial charge on any atom is 0.144 e. The van der Waals surface area contributed by atoms with Gasteiger partial charge in [0.2, 0.25) is 0 Å². The summed E-state index contributed by atoms with van der Waals surface area (Å²) in [7, 11) is 4.10.